The molecule has 0 fully saturated rings. The molecule has 9 heteroatoms. The summed E-state index contributed by atoms with van der Waals surface area (Å²) >= 11 is 0. The number of aryl methyl sites for hydroxylation is 4. The van der Waals surface area contributed by atoms with E-state index in [0.717, 1.165) is 27.8 Å². The summed E-state index contributed by atoms with van der Waals surface area (Å²) in [6.07, 6.45) is 1.79. The predicted molar refractivity (Wildman–Crippen MR) is 146 cm³/mol. The highest BCUT2D eigenvalue weighted by atomic mass is 16.5. The number of hydrogen-bond donors (Lipinski definition) is 2. The smallest absolute Gasteiger partial charge is 0.300 e. The number of benzene rings is 3. The number of methoxy groups -OCH3 is 1. The third-order valence-electron chi connectivity index (χ3n) is 6.52. The number of nitrogens with one attached hydrogen (secondary N) is 2. The molecule has 38 heavy (non-hydrogen) atoms. The fourth-order valence-electron chi connectivity index (χ4n) is 4.72. The Morgan fingerprint density at radius 2 is 1.76 bits per heavy atom. The van der Waals surface area contributed by atoms with Crippen molar-refractivity contribution in [3.63, 3.8) is 0 Å². The molecule has 192 valence electrons. The molecule has 9 nitrogen and oxygen atoms in total. The lowest BCUT2D eigenvalue weighted by Gasteiger charge is -2.15. The van der Waals surface area contributed by atoms with Crippen LogP contribution in [0.3, 0.4) is 0 Å². The molecule has 0 bridgehead atoms. The Morgan fingerprint density at radius 1 is 1.03 bits per heavy atom. The Balaban J connectivity index is 1.49. The van der Waals surface area contributed by atoms with E-state index >= 15 is 0 Å². The van der Waals surface area contributed by atoms with E-state index in [0.29, 0.717) is 33.1 Å². The van der Waals surface area contributed by atoms with E-state index in [4.69, 9.17) is 4.74 Å². The van der Waals surface area contributed by atoms with Crippen LogP contribution in [0.1, 0.15) is 27.3 Å². The first-order valence-electron chi connectivity index (χ1n) is 12.1. The Hall–Kier alpha value is -4.92. The molecule has 5 aromatic rings. The maximum absolute atomic E-state index is 13.4. The van der Waals surface area contributed by atoms with Gasteiger partial charge in [-0.25, -0.2) is 9.71 Å². The lowest BCUT2D eigenvalue weighted by Crippen LogP contribution is -2.36. The molecule has 0 radical (unpaired) electrons. The van der Waals surface area contributed by atoms with Crippen molar-refractivity contribution in [2.45, 2.75) is 20.8 Å². The van der Waals surface area contributed by atoms with E-state index in [-0.39, 0.29) is 11.5 Å². The molecule has 3 aromatic carbocycles. The number of hydrogen-bond acceptors (Lipinski definition) is 5. The minimum absolute atomic E-state index is 0.00524. The van der Waals surface area contributed by atoms with Crippen molar-refractivity contribution < 1.29 is 14.3 Å². The number of anilines is 1. The molecular weight excluding hydrogens is 480 g/mol. The van der Waals surface area contributed by atoms with Gasteiger partial charge in [-0.1, -0.05) is 35.5 Å². The molecule has 0 aliphatic heterocycles. The molecule has 1 amide bonds. The largest absolute Gasteiger partial charge is 0.710 e. The number of amides is 1. The van der Waals surface area contributed by atoms with Crippen LogP contribution in [0.2, 0.25) is 0 Å². The summed E-state index contributed by atoms with van der Waals surface area (Å²) in [5.74, 6) is 0.462. The SMILES string of the molecule is COc1ccc(-c2[nH]c(C)c(C(=O)Nc3cccc(-c4cn(C)nn4)c3)[n+]2[O-])cc1-c1c(C)cccc1C. The summed E-state index contributed by atoms with van der Waals surface area (Å²) in [6.45, 7) is 5.80. The molecule has 0 atom stereocenters. The van der Waals surface area contributed by atoms with Crippen LogP contribution in [0.15, 0.2) is 66.9 Å². The fourth-order valence-corrected chi connectivity index (χ4v) is 4.72. The van der Waals surface area contributed by atoms with Crippen molar-refractivity contribution in [1.29, 1.82) is 0 Å². The number of H-pyrrole nitrogens is 1. The number of imidazole rings is 1. The first-order chi connectivity index (χ1) is 18.3. The van der Waals surface area contributed by atoms with Gasteiger partial charge in [0, 0.05) is 30.8 Å². The van der Waals surface area contributed by atoms with Gasteiger partial charge >= 0.3 is 0 Å². The van der Waals surface area contributed by atoms with Gasteiger partial charge in [0.25, 0.3) is 11.7 Å². The first-order valence-corrected chi connectivity index (χ1v) is 12.1. The van der Waals surface area contributed by atoms with Crippen molar-refractivity contribution in [3.8, 4) is 39.5 Å². The Morgan fingerprint density at radius 3 is 2.45 bits per heavy atom. The number of aromatic amines is 1. The summed E-state index contributed by atoms with van der Waals surface area (Å²) in [6, 6.07) is 18.9. The topological polar surface area (TPSA) is 112 Å². The molecule has 2 N–H and O–H groups in total. The normalized spacial score (nSPS) is 11.0. The van der Waals surface area contributed by atoms with E-state index in [1.54, 1.807) is 44.1 Å². The average Bonchev–Trinajstić information content (AvgIpc) is 3.46. The summed E-state index contributed by atoms with van der Waals surface area (Å²) in [5, 5.41) is 24.3. The van der Waals surface area contributed by atoms with Crippen LogP contribution in [0.4, 0.5) is 5.69 Å². The molecule has 0 saturated heterocycles. The monoisotopic (exact) mass is 508 g/mol. The van der Waals surface area contributed by atoms with E-state index in [9.17, 15) is 10.0 Å². The molecule has 0 unspecified atom stereocenters. The highest BCUT2D eigenvalue weighted by Gasteiger charge is 2.26. The van der Waals surface area contributed by atoms with Crippen LogP contribution in [0.5, 0.6) is 5.75 Å². The van der Waals surface area contributed by atoms with Gasteiger partial charge in [-0.05, 0) is 60.9 Å². The minimum Gasteiger partial charge on any atom is -0.710 e. The molecular formula is C29H28N6O3. The van der Waals surface area contributed by atoms with Gasteiger partial charge in [0.2, 0.25) is 5.69 Å². The van der Waals surface area contributed by atoms with Gasteiger partial charge in [-0.2, -0.15) is 0 Å². The molecule has 5 rings (SSSR count). The van der Waals surface area contributed by atoms with Crippen LogP contribution in [-0.4, -0.2) is 33.0 Å². The van der Waals surface area contributed by atoms with Gasteiger partial charge < -0.3 is 15.3 Å². The van der Waals surface area contributed by atoms with Gasteiger partial charge in [-0.3, -0.25) is 9.48 Å². The molecule has 2 aromatic heterocycles. The Bertz CT molecular complexity index is 1650. The lowest BCUT2D eigenvalue weighted by molar-refractivity contribution is -0.594. The number of ether oxygens (including phenoxy) is 1. The maximum atomic E-state index is 13.4. The van der Waals surface area contributed by atoms with E-state index in [2.05, 4.69) is 20.6 Å². The number of carbonyl (C=O) groups is 1. The Labute approximate surface area is 220 Å². The molecule has 0 aliphatic carbocycles. The lowest BCUT2D eigenvalue weighted by atomic mass is 9.93. The molecule has 0 saturated carbocycles. The Kier molecular flexibility index (Phi) is 6.42. The van der Waals surface area contributed by atoms with Gasteiger partial charge in [0.15, 0.2) is 5.69 Å². The highest BCUT2D eigenvalue weighted by molar-refractivity contribution is 6.03. The number of rotatable bonds is 6. The standard InChI is InChI=1S/C29H28N6O3/c1-17-8-6-9-18(2)26(17)23-15-21(12-13-25(23)38-5)28-30-19(3)27(35(28)37)29(36)31-22-11-7-10-20(14-22)24-16-34(4)33-32-24/h6-16,30H,1-5H3,(H,31,36). The second-order valence-corrected chi connectivity index (χ2v) is 9.24. The number of carbonyl (C=O) groups excluding carboxylic acids is 1. The number of aromatic nitrogens is 5. The van der Waals surface area contributed by atoms with Crippen LogP contribution in [-0.2, 0) is 7.05 Å². The van der Waals surface area contributed by atoms with Crippen LogP contribution in [0, 0.1) is 26.0 Å². The van der Waals surface area contributed by atoms with Gasteiger partial charge in [0.1, 0.15) is 11.4 Å². The summed E-state index contributed by atoms with van der Waals surface area (Å²) < 4.78 is 7.89. The second kappa shape index (κ2) is 9.85. The zero-order chi connectivity index (χ0) is 27.0. The first kappa shape index (κ1) is 24.8. The predicted octanol–water partition coefficient (Wildman–Crippen LogP) is 4.96. The third kappa shape index (κ3) is 4.50. The third-order valence-corrected chi connectivity index (χ3v) is 6.52. The van der Waals surface area contributed by atoms with E-state index in [1.807, 2.05) is 62.4 Å². The van der Waals surface area contributed by atoms with Gasteiger partial charge in [0.05, 0.1) is 18.9 Å². The zero-order valence-electron chi connectivity index (χ0n) is 21.9. The molecule has 2 heterocycles. The van der Waals surface area contributed by atoms with Crippen LogP contribution >= 0.6 is 0 Å². The quantitative estimate of drug-likeness (QED) is 0.249. The summed E-state index contributed by atoms with van der Waals surface area (Å²) in [7, 11) is 3.41. The molecule has 0 aliphatic rings. The highest BCUT2D eigenvalue weighted by Crippen LogP contribution is 2.37. The van der Waals surface area contributed by atoms with Crippen molar-refractivity contribution >= 4 is 11.6 Å². The average molecular weight is 509 g/mol. The van der Waals surface area contributed by atoms with Gasteiger partial charge in [-0.15, -0.1) is 5.10 Å². The second-order valence-electron chi connectivity index (χ2n) is 9.24. The van der Waals surface area contributed by atoms with E-state index in [1.165, 1.54) is 0 Å². The van der Waals surface area contributed by atoms with Crippen molar-refractivity contribution in [2.75, 3.05) is 12.4 Å². The minimum atomic E-state index is -0.514. The molecule has 0 spiro atoms. The summed E-state index contributed by atoms with van der Waals surface area (Å²) in [4.78, 5) is 16.3. The van der Waals surface area contributed by atoms with Crippen LogP contribution < -0.4 is 14.8 Å². The zero-order valence-corrected chi connectivity index (χ0v) is 21.9. The fraction of sp³-hybridized carbons (Fsp3) is 0.172. The van der Waals surface area contributed by atoms with Crippen molar-refractivity contribution in [1.82, 2.24) is 20.0 Å². The number of nitrogens with zero attached hydrogens (tertiary/aromatic N) is 4. The van der Waals surface area contributed by atoms with E-state index < -0.39 is 5.91 Å². The van der Waals surface area contributed by atoms with Crippen molar-refractivity contribution in [2.24, 2.45) is 7.05 Å². The van der Waals surface area contributed by atoms with Crippen molar-refractivity contribution in [3.05, 3.63) is 94.6 Å². The maximum Gasteiger partial charge on any atom is 0.300 e. The van der Waals surface area contributed by atoms with Crippen LogP contribution in [0.25, 0.3) is 33.8 Å². The summed E-state index contributed by atoms with van der Waals surface area (Å²) in [5.41, 5.74) is 7.25.